The lowest BCUT2D eigenvalue weighted by atomic mass is 10.0. The van der Waals surface area contributed by atoms with E-state index in [4.69, 9.17) is 10.00 Å². The van der Waals surface area contributed by atoms with E-state index in [1.165, 1.54) is 0 Å². The van der Waals surface area contributed by atoms with Crippen LogP contribution in [-0.2, 0) is 4.74 Å². The Morgan fingerprint density at radius 2 is 2.36 bits per heavy atom. The number of hydrogen-bond acceptors (Lipinski definition) is 3. The molecular formula is C8H14N2O. The Kier molecular flexibility index (Phi) is 2.86. The molecule has 1 N–H and O–H groups in total. The van der Waals surface area contributed by atoms with E-state index in [-0.39, 0.29) is 6.10 Å². The van der Waals surface area contributed by atoms with Gasteiger partial charge >= 0.3 is 0 Å². The number of ether oxygens (including phenoxy) is 1. The van der Waals surface area contributed by atoms with Crippen LogP contribution < -0.4 is 5.32 Å². The van der Waals surface area contributed by atoms with Crippen molar-refractivity contribution in [3.8, 4) is 6.07 Å². The van der Waals surface area contributed by atoms with Crippen LogP contribution in [0.2, 0.25) is 0 Å². The summed E-state index contributed by atoms with van der Waals surface area (Å²) in [6.45, 7) is 5.62. The highest BCUT2D eigenvalue weighted by Gasteiger charge is 2.22. The van der Waals surface area contributed by atoms with Crippen molar-refractivity contribution < 1.29 is 4.74 Å². The average Bonchev–Trinajstić information content (AvgIpc) is 2.05. The van der Waals surface area contributed by atoms with Crippen LogP contribution in [0, 0.1) is 17.2 Å². The van der Waals surface area contributed by atoms with Gasteiger partial charge in [-0.05, 0) is 5.92 Å². The summed E-state index contributed by atoms with van der Waals surface area (Å²) < 4.78 is 5.28. The zero-order valence-electron chi connectivity index (χ0n) is 7.00. The predicted molar refractivity (Wildman–Crippen MR) is 42.0 cm³/mol. The molecule has 1 aliphatic rings. The molecule has 0 aromatic rings. The molecule has 62 valence electrons. The molecule has 1 fully saturated rings. The Morgan fingerprint density at radius 3 is 2.73 bits per heavy atom. The van der Waals surface area contributed by atoms with Crippen LogP contribution in [-0.4, -0.2) is 25.3 Å². The van der Waals surface area contributed by atoms with Crippen molar-refractivity contribution in [1.82, 2.24) is 5.32 Å². The van der Waals surface area contributed by atoms with Crippen molar-refractivity contribution in [2.75, 3.05) is 13.2 Å². The normalized spacial score (nSPS) is 31.8. The second-order valence-electron chi connectivity index (χ2n) is 3.21. The van der Waals surface area contributed by atoms with E-state index in [0.717, 1.165) is 0 Å². The fraction of sp³-hybridized carbons (Fsp3) is 0.875. The van der Waals surface area contributed by atoms with Gasteiger partial charge in [0.15, 0.2) is 6.10 Å². The second kappa shape index (κ2) is 3.70. The van der Waals surface area contributed by atoms with E-state index in [2.05, 4.69) is 25.2 Å². The van der Waals surface area contributed by atoms with Gasteiger partial charge in [-0.3, -0.25) is 0 Å². The topological polar surface area (TPSA) is 45.0 Å². The Balaban J connectivity index is 2.31. The molecule has 1 saturated heterocycles. The molecule has 0 aromatic heterocycles. The molecule has 0 aromatic carbocycles. The van der Waals surface area contributed by atoms with Crippen molar-refractivity contribution in [3.05, 3.63) is 0 Å². The minimum absolute atomic E-state index is 0.245. The molecule has 1 aliphatic heterocycles. The van der Waals surface area contributed by atoms with Crippen molar-refractivity contribution in [3.63, 3.8) is 0 Å². The Morgan fingerprint density at radius 1 is 1.64 bits per heavy atom. The third-order valence-electron chi connectivity index (χ3n) is 1.99. The maximum absolute atomic E-state index is 8.50. The average molecular weight is 154 g/mol. The lowest BCUT2D eigenvalue weighted by molar-refractivity contribution is 0.0241. The summed E-state index contributed by atoms with van der Waals surface area (Å²) in [5.41, 5.74) is 0. The highest BCUT2D eigenvalue weighted by Crippen LogP contribution is 2.07. The Labute approximate surface area is 67.3 Å². The molecule has 0 amide bonds. The largest absolute Gasteiger partial charge is 0.360 e. The monoisotopic (exact) mass is 154 g/mol. The first-order chi connectivity index (χ1) is 5.24. The first kappa shape index (κ1) is 8.51. The fourth-order valence-electron chi connectivity index (χ4n) is 1.11. The summed E-state index contributed by atoms with van der Waals surface area (Å²) in [7, 11) is 0. The van der Waals surface area contributed by atoms with Crippen LogP contribution >= 0.6 is 0 Å². The van der Waals surface area contributed by atoms with Gasteiger partial charge in [0, 0.05) is 12.6 Å². The predicted octanol–water partition coefficient (Wildman–Crippen LogP) is 0.523. The number of rotatable bonds is 1. The molecule has 11 heavy (non-hydrogen) atoms. The zero-order chi connectivity index (χ0) is 8.27. The highest BCUT2D eigenvalue weighted by atomic mass is 16.5. The van der Waals surface area contributed by atoms with Crippen LogP contribution in [0.4, 0.5) is 0 Å². The maximum Gasteiger partial charge on any atom is 0.156 e. The summed E-state index contributed by atoms with van der Waals surface area (Å²) in [5, 5.41) is 11.8. The van der Waals surface area contributed by atoms with E-state index in [0.29, 0.717) is 25.1 Å². The van der Waals surface area contributed by atoms with Gasteiger partial charge in [0.05, 0.1) is 12.7 Å². The summed E-state index contributed by atoms with van der Waals surface area (Å²) in [6.07, 6.45) is -0.245. The smallest absolute Gasteiger partial charge is 0.156 e. The van der Waals surface area contributed by atoms with Crippen molar-refractivity contribution in [2.45, 2.75) is 26.0 Å². The molecule has 2 atom stereocenters. The van der Waals surface area contributed by atoms with E-state index in [1.807, 2.05) is 0 Å². The molecule has 0 radical (unpaired) electrons. The van der Waals surface area contributed by atoms with Crippen molar-refractivity contribution in [1.29, 1.82) is 5.26 Å². The lowest BCUT2D eigenvalue weighted by Crippen LogP contribution is -2.48. The van der Waals surface area contributed by atoms with Crippen LogP contribution in [0.5, 0.6) is 0 Å². The molecule has 0 bridgehead atoms. The maximum atomic E-state index is 8.50. The minimum atomic E-state index is -0.245. The van der Waals surface area contributed by atoms with E-state index in [9.17, 15) is 0 Å². The molecule has 1 rings (SSSR count). The molecule has 0 spiro atoms. The van der Waals surface area contributed by atoms with E-state index >= 15 is 0 Å². The Bertz CT molecular complexity index is 154. The lowest BCUT2D eigenvalue weighted by Gasteiger charge is -2.29. The van der Waals surface area contributed by atoms with Gasteiger partial charge in [-0.2, -0.15) is 5.26 Å². The van der Waals surface area contributed by atoms with Gasteiger partial charge in [0.25, 0.3) is 0 Å². The van der Waals surface area contributed by atoms with Gasteiger partial charge < -0.3 is 10.1 Å². The van der Waals surface area contributed by atoms with Crippen LogP contribution in [0.1, 0.15) is 13.8 Å². The fourth-order valence-corrected chi connectivity index (χ4v) is 1.11. The standard InChI is InChI=1S/C8H14N2O/c1-6(2)8-5-11-7(3-9)4-10-8/h6-8,10H,4-5H2,1-2H3. The first-order valence-corrected chi connectivity index (χ1v) is 3.98. The van der Waals surface area contributed by atoms with Crippen LogP contribution in [0.15, 0.2) is 0 Å². The number of nitrogens with one attached hydrogen (secondary N) is 1. The molecular weight excluding hydrogens is 140 g/mol. The minimum Gasteiger partial charge on any atom is -0.360 e. The van der Waals surface area contributed by atoms with Gasteiger partial charge in [0.2, 0.25) is 0 Å². The van der Waals surface area contributed by atoms with Gasteiger partial charge in [-0.25, -0.2) is 0 Å². The first-order valence-electron chi connectivity index (χ1n) is 3.98. The zero-order valence-corrected chi connectivity index (χ0v) is 7.00. The third kappa shape index (κ3) is 2.18. The molecule has 0 aliphatic carbocycles. The molecule has 1 heterocycles. The molecule has 2 unspecified atom stereocenters. The summed E-state index contributed by atoms with van der Waals surface area (Å²) in [5.74, 6) is 0.578. The number of morpholine rings is 1. The van der Waals surface area contributed by atoms with Crippen molar-refractivity contribution in [2.24, 2.45) is 5.92 Å². The number of hydrogen-bond donors (Lipinski definition) is 1. The van der Waals surface area contributed by atoms with E-state index in [1.54, 1.807) is 0 Å². The highest BCUT2D eigenvalue weighted by molar-refractivity contribution is 4.90. The van der Waals surface area contributed by atoms with Gasteiger partial charge in [0.1, 0.15) is 0 Å². The van der Waals surface area contributed by atoms with Gasteiger partial charge in [-0.15, -0.1) is 0 Å². The third-order valence-corrected chi connectivity index (χ3v) is 1.99. The second-order valence-corrected chi connectivity index (χ2v) is 3.21. The van der Waals surface area contributed by atoms with Crippen LogP contribution in [0.25, 0.3) is 0 Å². The molecule has 0 saturated carbocycles. The molecule has 3 heteroatoms. The summed E-state index contributed by atoms with van der Waals surface area (Å²) in [6, 6.07) is 2.49. The Hall–Kier alpha value is -0.590. The van der Waals surface area contributed by atoms with E-state index < -0.39 is 0 Å². The SMILES string of the molecule is CC(C)C1COC(C#N)CN1. The molecule has 3 nitrogen and oxygen atoms in total. The van der Waals surface area contributed by atoms with Crippen molar-refractivity contribution >= 4 is 0 Å². The quantitative estimate of drug-likeness (QED) is 0.599. The van der Waals surface area contributed by atoms with Crippen LogP contribution in [0.3, 0.4) is 0 Å². The summed E-state index contributed by atoms with van der Waals surface area (Å²) in [4.78, 5) is 0. The van der Waals surface area contributed by atoms with Gasteiger partial charge in [-0.1, -0.05) is 13.8 Å². The number of nitrogens with zero attached hydrogens (tertiary/aromatic N) is 1. The summed E-state index contributed by atoms with van der Waals surface area (Å²) >= 11 is 0. The number of nitriles is 1.